The molecule has 25 heavy (non-hydrogen) atoms. The van der Waals surface area contributed by atoms with Crippen molar-refractivity contribution >= 4 is 12.1 Å². The number of hydrogen-bond donors (Lipinski definition) is 1. The average Bonchev–Trinajstić information content (AvgIpc) is 3.12. The van der Waals surface area contributed by atoms with Gasteiger partial charge < -0.3 is 14.7 Å². The SMILES string of the molecule is CCCCCC(C)C(=O)O.Cc1ccc(OC(=O)N2CCCC2)cc1. The Morgan fingerprint density at radius 1 is 1.16 bits per heavy atom. The Hall–Kier alpha value is -2.04. The first-order valence-electron chi connectivity index (χ1n) is 9.20. The summed E-state index contributed by atoms with van der Waals surface area (Å²) in [5.74, 6) is -0.208. The number of likely N-dealkylation sites (tertiary alicyclic amines) is 1. The number of ether oxygens (including phenoxy) is 1. The molecule has 1 atom stereocenters. The number of unbranched alkanes of at least 4 members (excludes halogenated alkanes) is 2. The lowest BCUT2D eigenvalue weighted by atomic mass is 10.0. The molecule has 1 unspecified atom stereocenters. The third-order valence-electron chi connectivity index (χ3n) is 4.25. The summed E-state index contributed by atoms with van der Waals surface area (Å²) in [7, 11) is 0. The molecule has 0 bridgehead atoms. The van der Waals surface area contributed by atoms with Gasteiger partial charge in [0, 0.05) is 13.1 Å². The summed E-state index contributed by atoms with van der Waals surface area (Å²) in [6.07, 6.45) is 6.12. The third kappa shape index (κ3) is 8.57. The highest BCUT2D eigenvalue weighted by molar-refractivity contribution is 5.71. The van der Waals surface area contributed by atoms with Crippen molar-refractivity contribution < 1.29 is 19.4 Å². The van der Waals surface area contributed by atoms with Crippen LogP contribution in [0, 0.1) is 12.8 Å². The van der Waals surface area contributed by atoms with Gasteiger partial charge in [-0.25, -0.2) is 4.79 Å². The average molecular weight is 349 g/mol. The first kappa shape index (κ1) is 21.0. The molecule has 1 aromatic carbocycles. The second kappa shape index (κ2) is 11.5. The predicted octanol–water partition coefficient (Wildman–Crippen LogP) is 4.88. The smallest absolute Gasteiger partial charge is 0.415 e. The van der Waals surface area contributed by atoms with E-state index in [1.54, 1.807) is 11.8 Å². The molecule has 0 spiro atoms. The number of carbonyl (C=O) groups is 2. The van der Waals surface area contributed by atoms with Crippen molar-refractivity contribution in [2.24, 2.45) is 5.92 Å². The molecule has 2 rings (SSSR count). The molecule has 1 aliphatic rings. The summed E-state index contributed by atoms with van der Waals surface area (Å²) in [4.78, 5) is 23.6. The highest BCUT2D eigenvalue weighted by Crippen LogP contribution is 2.15. The maximum atomic E-state index is 11.6. The number of amides is 1. The molecule has 1 N–H and O–H groups in total. The molecule has 1 fully saturated rings. The molecular weight excluding hydrogens is 318 g/mol. The van der Waals surface area contributed by atoms with E-state index >= 15 is 0 Å². The summed E-state index contributed by atoms with van der Waals surface area (Å²) in [5, 5.41) is 8.48. The van der Waals surface area contributed by atoms with Crippen LogP contribution >= 0.6 is 0 Å². The fraction of sp³-hybridized carbons (Fsp3) is 0.600. The fourth-order valence-corrected chi connectivity index (χ4v) is 2.50. The third-order valence-corrected chi connectivity index (χ3v) is 4.25. The number of benzene rings is 1. The fourth-order valence-electron chi connectivity index (χ4n) is 2.50. The number of carboxylic acids is 1. The molecule has 1 saturated heterocycles. The zero-order valence-electron chi connectivity index (χ0n) is 15.7. The van der Waals surface area contributed by atoms with Crippen LogP contribution < -0.4 is 4.74 Å². The summed E-state index contributed by atoms with van der Waals surface area (Å²) >= 11 is 0. The van der Waals surface area contributed by atoms with Crippen LogP contribution in [0.15, 0.2) is 24.3 Å². The van der Waals surface area contributed by atoms with Gasteiger partial charge in [-0.05, 0) is 38.3 Å². The van der Waals surface area contributed by atoms with Gasteiger partial charge in [0.2, 0.25) is 0 Å². The molecule has 0 saturated carbocycles. The van der Waals surface area contributed by atoms with Crippen LogP contribution in [0.3, 0.4) is 0 Å². The van der Waals surface area contributed by atoms with Gasteiger partial charge in [-0.3, -0.25) is 4.79 Å². The standard InChI is InChI=1S/C12H15NO2.C8H16O2/c1-10-4-6-11(7-5-10)15-12(14)13-8-2-3-9-13;1-3-4-5-6-7(2)8(9)10/h4-7H,2-3,8-9H2,1H3;7H,3-6H2,1-2H3,(H,9,10). The Bertz CT molecular complexity index is 521. The van der Waals surface area contributed by atoms with Crippen molar-refractivity contribution in [2.75, 3.05) is 13.1 Å². The summed E-state index contributed by atoms with van der Waals surface area (Å²) in [6, 6.07) is 7.52. The lowest BCUT2D eigenvalue weighted by Crippen LogP contribution is -2.30. The molecule has 1 amide bonds. The van der Waals surface area contributed by atoms with E-state index in [9.17, 15) is 9.59 Å². The Kier molecular flexibility index (Phi) is 9.66. The molecule has 0 aliphatic carbocycles. The zero-order chi connectivity index (χ0) is 18.7. The van der Waals surface area contributed by atoms with Crippen molar-refractivity contribution in [1.82, 2.24) is 4.90 Å². The monoisotopic (exact) mass is 349 g/mol. The van der Waals surface area contributed by atoms with Crippen molar-refractivity contribution in [3.63, 3.8) is 0 Å². The number of hydrogen-bond acceptors (Lipinski definition) is 3. The number of aliphatic carboxylic acids is 1. The minimum absolute atomic E-state index is 0.161. The zero-order valence-corrected chi connectivity index (χ0v) is 15.7. The van der Waals surface area contributed by atoms with Gasteiger partial charge in [-0.1, -0.05) is 50.8 Å². The van der Waals surface area contributed by atoms with E-state index in [-0.39, 0.29) is 12.0 Å². The molecule has 1 aliphatic heterocycles. The number of aryl methyl sites for hydroxylation is 1. The Morgan fingerprint density at radius 2 is 1.76 bits per heavy atom. The van der Waals surface area contributed by atoms with Crippen LogP contribution in [-0.2, 0) is 4.79 Å². The van der Waals surface area contributed by atoms with Crippen molar-refractivity contribution in [2.45, 2.75) is 59.3 Å². The maximum Gasteiger partial charge on any atom is 0.415 e. The predicted molar refractivity (Wildman–Crippen MR) is 99.0 cm³/mol. The van der Waals surface area contributed by atoms with Crippen LogP contribution in [0.2, 0.25) is 0 Å². The maximum absolute atomic E-state index is 11.6. The first-order valence-corrected chi connectivity index (χ1v) is 9.20. The summed E-state index contributed by atoms with van der Waals surface area (Å²) < 4.78 is 5.24. The van der Waals surface area contributed by atoms with Gasteiger partial charge >= 0.3 is 12.1 Å². The van der Waals surface area contributed by atoms with E-state index in [1.807, 2.05) is 31.2 Å². The quantitative estimate of drug-likeness (QED) is 0.744. The van der Waals surface area contributed by atoms with Gasteiger partial charge in [0.15, 0.2) is 0 Å². The van der Waals surface area contributed by atoms with Gasteiger partial charge in [0.05, 0.1) is 5.92 Å². The molecular formula is C20H31NO4. The molecule has 1 aromatic rings. The van der Waals surface area contributed by atoms with Crippen molar-refractivity contribution in [1.29, 1.82) is 0 Å². The van der Waals surface area contributed by atoms with E-state index in [2.05, 4.69) is 6.92 Å². The Labute approximate surface area is 151 Å². The van der Waals surface area contributed by atoms with Crippen LogP contribution in [0.1, 0.15) is 57.9 Å². The summed E-state index contributed by atoms with van der Waals surface area (Å²) in [5.41, 5.74) is 1.16. The van der Waals surface area contributed by atoms with Gasteiger partial charge in [0.25, 0.3) is 0 Å². The normalized spacial score (nSPS) is 14.4. The number of rotatable bonds is 6. The minimum atomic E-state index is -0.670. The second-order valence-electron chi connectivity index (χ2n) is 6.61. The molecule has 140 valence electrons. The molecule has 5 heteroatoms. The highest BCUT2D eigenvalue weighted by atomic mass is 16.6. The molecule has 0 radical (unpaired) electrons. The molecule has 1 heterocycles. The van der Waals surface area contributed by atoms with Crippen LogP contribution in [0.4, 0.5) is 4.79 Å². The summed E-state index contributed by atoms with van der Waals surface area (Å²) in [6.45, 7) is 7.53. The number of carboxylic acid groups (broad SMARTS) is 1. The van der Waals surface area contributed by atoms with E-state index in [0.29, 0.717) is 5.75 Å². The van der Waals surface area contributed by atoms with Gasteiger partial charge in [0.1, 0.15) is 5.75 Å². The van der Waals surface area contributed by atoms with Crippen molar-refractivity contribution in [3.8, 4) is 5.75 Å². The molecule has 0 aromatic heterocycles. The minimum Gasteiger partial charge on any atom is -0.481 e. The van der Waals surface area contributed by atoms with E-state index in [0.717, 1.165) is 57.2 Å². The second-order valence-corrected chi connectivity index (χ2v) is 6.61. The van der Waals surface area contributed by atoms with Crippen LogP contribution in [0.5, 0.6) is 5.75 Å². The van der Waals surface area contributed by atoms with E-state index < -0.39 is 5.97 Å². The van der Waals surface area contributed by atoms with E-state index in [4.69, 9.17) is 9.84 Å². The van der Waals surface area contributed by atoms with Gasteiger partial charge in [-0.15, -0.1) is 0 Å². The lowest BCUT2D eigenvalue weighted by Gasteiger charge is -2.14. The topological polar surface area (TPSA) is 66.8 Å². The van der Waals surface area contributed by atoms with Crippen LogP contribution in [-0.4, -0.2) is 35.2 Å². The Balaban J connectivity index is 0.000000275. The lowest BCUT2D eigenvalue weighted by molar-refractivity contribution is -0.141. The highest BCUT2D eigenvalue weighted by Gasteiger charge is 2.19. The van der Waals surface area contributed by atoms with Crippen molar-refractivity contribution in [3.05, 3.63) is 29.8 Å². The number of nitrogens with zero attached hydrogens (tertiary/aromatic N) is 1. The van der Waals surface area contributed by atoms with Gasteiger partial charge in [-0.2, -0.15) is 0 Å². The first-order chi connectivity index (χ1) is 11.9. The number of carbonyl (C=O) groups excluding carboxylic acids is 1. The largest absolute Gasteiger partial charge is 0.481 e. The molecule has 5 nitrogen and oxygen atoms in total. The van der Waals surface area contributed by atoms with E-state index in [1.165, 1.54) is 0 Å². The van der Waals surface area contributed by atoms with Crippen LogP contribution in [0.25, 0.3) is 0 Å². The Morgan fingerprint density at radius 3 is 2.28 bits per heavy atom.